The van der Waals surface area contributed by atoms with Crippen molar-refractivity contribution in [1.82, 2.24) is 3.71 Å². The normalized spacial score (nSPS) is 12.1. The van der Waals surface area contributed by atoms with Crippen LogP contribution in [0.2, 0.25) is 0 Å². The lowest BCUT2D eigenvalue weighted by molar-refractivity contribution is 0.415. The smallest absolute Gasteiger partial charge is 0.277 e. The summed E-state index contributed by atoms with van der Waals surface area (Å²) in [5.41, 5.74) is 2.34. The van der Waals surface area contributed by atoms with E-state index in [1.54, 1.807) is 48.5 Å². The van der Waals surface area contributed by atoms with Crippen LogP contribution in [0.4, 0.5) is 0 Å². The molecule has 0 aliphatic carbocycles. The van der Waals surface area contributed by atoms with Gasteiger partial charge in [0, 0.05) is 6.20 Å². The van der Waals surface area contributed by atoms with Gasteiger partial charge in [-0.3, -0.25) is 0 Å². The largest absolute Gasteiger partial charge is 0.497 e. The third kappa shape index (κ3) is 4.98. The fourth-order valence-electron chi connectivity index (χ4n) is 2.78. The summed E-state index contributed by atoms with van der Waals surface area (Å²) in [4.78, 5) is -0.235. The van der Waals surface area contributed by atoms with E-state index < -0.39 is 20.0 Å². The molecule has 3 aromatic rings. The van der Waals surface area contributed by atoms with E-state index in [-0.39, 0.29) is 9.79 Å². The lowest BCUT2D eigenvalue weighted by Crippen LogP contribution is -2.32. The van der Waals surface area contributed by atoms with Crippen LogP contribution in [0, 0.1) is 13.8 Å². The van der Waals surface area contributed by atoms with E-state index in [4.69, 9.17) is 4.74 Å². The van der Waals surface area contributed by atoms with Gasteiger partial charge in [0.2, 0.25) is 0 Å². The minimum Gasteiger partial charge on any atom is -0.497 e. The minimum atomic E-state index is -4.38. The van der Waals surface area contributed by atoms with Crippen LogP contribution in [0.1, 0.15) is 16.7 Å². The first-order valence-corrected chi connectivity index (χ1v) is 12.3. The molecule has 0 amide bonds. The molecule has 0 radical (unpaired) electrons. The zero-order valence-corrected chi connectivity index (χ0v) is 19.0. The maximum Gasteiger partial charge on any atom is 0.277 e. The zero-order valence-electron chi connectivity index (χ0n) is 17.4. The summed E-state index contributed by atoms with van der Waals surface area (Å²) < 4.78 is 58.8. The van der Waals surface area contributed by atoms with Gasteiger partial charge in [-0.1, -0.05) is 47.5 Å². The van der Waals surface area contributed by atoms with Crippen LogP contribution >= 0.6 is 0 Å². The fourth-order valence-corrected chi connectivity index (χ4v) is 6.15. The third-order valence-electron chi connectivity index (χ3n) is 4.62. The SMILES string of the molecule is COc1ccc(/C=C/N(S(=O)(=O)c2ccc(C)cc2)S(=O)(=O)c2ccc(C)cc2)cc1. The quantitative estimate of drug-likeness (QED) is 0.527. The molecule has 0 spiro atoms. The number of ether oxygens (including phenoxy) is 1. The molecular formula is C23H23NO5S2. The van der Waals surface area contributed by atoms with Crippen molar-refractivity contribution in [2.45, 2.75) is 23.6 Å². The Morgan fingerprint density at radius 2 is 1.10 bits per heavy atom. The van der Waals surface area contributed by atoms with Crippen molar-refractivity contribution in [1.29, 1.82) is 0 Å². The summed E-state index contributed by atoms with van der Waals surface area (Å²) in [6.07, 6.45) is 2.49. The summed E-state index contributed by atoms with van der Waals surface area (Å²) in [6, 6.07) is 18.9. The standard InChI is InChI=1S/C23H23NO5S2/c1-18-4-12-22(13-5-18)30(25,26)24(17-16-20-8-10-21(29-3)11-9-20)31(27,28)23-14-6-19(2)7-15-23/h4-17H,1-3H3/b17-16+. The second kappa shape index (κ2) is 8.95. The summed E-state index contributed by atoms with van der Waals surface area (Å²) in [5, 5.41) is 0. The molecule has 31 heavy (non-hydrogen) atoms. The van der Waals surface area contributed by atoms with Gasteiger partial charge in [0.15, 0.2) is 0 Å². The number of hydrogen-bond donors (Lipinski definition) is 0. The highest BCUT2D eigenvalue weighted by Crippen LogP contribution is 2.26. The van der Waals surface area contributed by atoms with E-state index >= 15 is 0 Å². The molecule has 6 nitrogen and oxygen atoms in total. The van der Waals surface area contributed by atoms with E-state index in [9.17, 15) is 16.8 Å². The first-order chi connectivity index (χ1) is 14.6. The van der Waals surface area contributed by atoms with Crippen molar-refractivity contribution >= 4 is 26.1 Å². The molecule has 0 saturated carbocycles. The number of sulfonamides is 2. The van der Waals surface area contributed by atoms with E-state index in [2.05, 4.69) is 0 Å². The molecule has 0 atom stereocenters. The van der Waals surface area contributed by atoms with Gasteiger partial charge in [-0.25, -0.2) is 16.8 Å². The third-order valence-corrected chi connectivity index (χ3v) is 8.72. The highest BCUT2D eigenvalue weighted by Gasteiger charge is 2.33. The summed E-state index contributed by atoms with van der Waals surface area (Å²) in [6.45, 7) is 3.64. The molecule has 0 aliphatic rings. The Bertz CT molecular complexity index is 1200. The Hall–Kier alpha value is -3.10. The van der Waals surface area contributed by atoms with Crippen molar-refractivity contribution in [3.8, 4) is 5.75 Å². The van der Waals surface area contributed by atoms with Gasteiger partial charge in [-0.2, -0.15) is 3.71 Å². The summed E-state index contributed by atoms with van der Waals surface area (Å²) in [7, 11) is -7.23. The van der Waals surface area contributed by atoms with Gasteiger partial charge >= 0.3 is 0 Å². The maximum atomic E-state index is 13.3. The first-order valence-electron chi connectivity index (χ1n) is 9.40. The average Bonchev–Trinajstić information content (AvgIpc) is 2.74. The van der Waals surface area contributed by atoms with Gasteiger partial charge in [-0.15, -0.1) is 0 Å². The molecule has 0 aliphatic heterocycles. The van der Waals surface area contributed by atoms with Crippen LogP contribution in [0.3, 0.4) is 0 Å². The van der Waals surface area contributed by atoms with Gasteiger partial charge in [0.25, 0.3) is 20.0 Å². The van der Waals surface area contributed by atoms with E-state index in [1.807, 2.05) is 13.8 Å². The number of nitrogens with zero attached hydrogens (tertiary/aromatic N) is 1. The van der Waals surface area contributed by atoms with E-state index in [1.165, 1.54) is 37.5 Å². The van der Waals surface area contributed by atoms with E-state index in [0.29, 0.717) is 15.0 Å². The molecule has 0 bridgehead atoms. The Kier molecular flexibility index (Phi) is 6.52. The van der Waals surface area contributed by atoms with Crippen molar-refractivity contribution in [2.24, 2.45) is 0 Å². The average molecular weight is 458 g/mol. The van der Waals surface area contributed by atoms with Crippen LogP contribution in [0.25, 0.3) is 6.08 Å². The Morgan fingerprint density at radius 1 is 0.677 bits per heavy atom. The van der Waals surface area contributed by atoms with Crippen molar-refractivity contribution in [3.05, 3.63) is 95.7 Å². The second-order valence-corrected chi connectivity index (χ2v) is 10.8. The lowest BCUT2D eigenvalue weighted by Gasteiger charge is -2.21. The van der Waals surface area contributed by atoms with Gasteiger partial charge in [0.1, 0.15) is 5.75 Å². The van der Waals surface area contributed by atoms with Crippen molar-refractivity contribution in [2.75, 3.05) is 7.11 Å². The van der Waals surface area contributed by atoms with Crippen LogP contribution in [-0.2, 0) is 20.0 Å². The summed E-state index contributed by atoms with van der Waals surface area (Å²) in [5.74, 6) is 0.633. The van der Waals surface area contributed by atoms with Crippen LogP contribution < -0.4 is 4.74 Å². The van der Waals surface area contributed by atoms with Crippen LogP contribution in [-0.4, -0.2) is 27.7 Å². The number of benzene rings is 3. The second-order valence-electron chi connectivity index (χ2n) is 6.95. The molecule has 8 heteroatoms. The topological polar surface area (TPSA) is 80.8 Å². The summed E-state index contributed by atoms with van der Waals surface area (Å²) >= 11 is 0. The molecule has 0 saturated heterocycles. The van der Waals surface area contributed by atoms with Gasteiger partial charge in [0.05, 0.1) is 16.9 Å². The van der Waals surface area contributed by atoms with Gasteiger partial charge in [-0.05, 0) is 61.9 Å². The Morgan fingerprint density at radius 3 is 1.48 bits per heavy atom. The van der Waals surface area contributed by atoms with Crippen LogP contribution in [0.5, 0.6) is 5.75 Å². The molecule has 0 N–H and O–H groups in total. The molecule has 0 fully saturated rings. The minimum absolute atomic E-state index is 0.117. The Labute approximate surface area is 183 Å². The number of hydrogen-bond acceptors (Lipinski definition) is 5. The molecule has 162 valence electrons. The number of methoxy groups -OCH3 is 1. The van der Waals surface area contributed by atoms with Crippen LogP contribution in [0.15, 0.2) is 88.8 Å². The fraction of sp³-hybridized carbons (Fsp3) is 0.130. The highest BCUT2D eigenvalue weighted by molar-refractivity contribution is 8.04. The molecule has 3 aromatic carbocycles. The van der Waals surface area contributed by atoms with Crippen molar-refractivity contribution in [3.63, 3.8) is 0 Å². The zero-order chi connectivity index (χ0) is 22.6. The predicted octanol–water partition coefficient (Wildman–Crippen LogP) is 4.36. The predicted molar refractivity (Wildman–Crippen MR) is 121 cm³/mol. The van der Waals surface area contributed by atoms with Gasteiger partial charge < -0.3 is 4.74 Å². The van der Waals surface area contributed by atoms with E-state index in [0.717, 1.165) is 17.3 Å². The molecule has 0 unspecified atom stereocenters. The first kappa shape index (κ1) is 22.6. The molecular weight excluding hydrogens is 434 g/mol. The van der Waals surface area contributed by atoms with Crippen molar-refractivity contribution < 1.29 is 21.6 Å². The Balaban J connectivity index is 2.11. The molecule has 3 rings (SSSR count). The maximum absolute atomic E-state index is 13.3. The number of rotatable bonds is 7. The number of aryl methyl sites for hydroxylation is 2. The highest BCUT2D eigenvalue weighted by atomic mass is 32.3. The molecule has 0 aromatic heterocycles. The molecule has 0 heterocycles. The lowest BCUT2D eigenvalue weighted by atomic mass is 10.2. The monoisotopic (exact) mass is 457 g/mol.